The molecule has 0 saturated carbocycles. The summed E-state index contributed by atoms with van der Waals surface area (Å²) < 4.78 is 0. The van der Waals surface area contributed by atoms with Crippen LogP contribution in [0.25, 0.3) is 0 Å². The largest absolute Gasteiger partial charge is 0.387 e. The summed E-state index contributed by atoms with van der Waals surface area (Å²) in [7, 11) is 4.35. The molecule has 20 heavy (non-hydrogen) atoms. The van der Waals surface area contributed by atoms with Gasteiger partial charge in [0.1, 0.15) is 0 Å². The van der Waals surface area contributed by atoms with Crippen LogP contribution < -0.4 is 4.90 Å². The smallest absolute Gasteiger partial charge is 0.185 e. The summed E-state index contributed by atoms with van der Waals surface area (Å²) in [5.74, 6) is 0.780. The lowest BCUT2D eigenvalue weighted by Gasteiger charge is -2.31. The molecule has 2 heterocycles. The third-order valence-electron chi connectivity index (χ3n) is 4.61. The van der Waals surface area contributed by atoms with Gasteiger partial charge in [0, 0.05) is 18.5 Å². The summed E-state index contributed by atoms with van der Waals surface area (Å²) in [5, 5.41) is 11.1. The van der Waals surface area contributed by atoms with E-state index in [9.17, 15) is 5.11 Å². The number of thiazole rings is 1. The fraction of sp³-hybridized carbons (Fsp3) is 0.800. The zero-order valence-corrected chi connectivity index (χ0v) is 13.3. The van der Waals surface area contributed by atoms with Crippen LogP contribution in [0.1, 0.15) is 42.4 Å². The van der Waals surface area contributed by atoms with Crippen LogP contribution in [0, 0.1) is 5.92 Å². The molecule has 0 spiro atoms. The van der Waals surface area contributed by atoms with Crippen molar-refractivity contribution < 1.29 is 5.11 Å². The minimum atomic E-state index is -0.333. The number of aliphatic hydroxyl groups is 1. The molecular formula is C15H25N3OS. The third kappa shape index (κ3) is 3.00. The molecule has 0 radical (unpaired) electrons. The van der Waals surface area contributed by atoms with Crippen LogP contribution >= 0.6 is 11.3 Å². The van der Waals surface area contributed by atoms with Crippen LogP contribution in [0.2, 0.25) is 0 Å². The summed E-state index contributed by atoms with van der Waals surface area (Å²) >= 11 is 1.78. The molecule has 1 aliphatic heterocycles. The Bertz CT molecular complexity index is 454. The fourth-order valence-electron chi connectivity index (χ4n) is 3.26. The van der Waals surface area contributed by atoms with Gasteiger partial charge in [-0.3, -0.25) is 0 Å². The monoisotopic (exact) mass is 295 g/mol. The number of hydrogen-bond acceptors (Lipinski definition) is 5. The van der Waals surface area contributed by atoms with E-state index in [0.717, 1.165) is 42.6 Å². The van der Waals surface area contributed by atoms with Gasteiger partial charge in [0.2, 0.25) is 0 Å². The average Bonchev–Trinajstić information content (AvgIpc) is 2.87. The van der Waals surface area contributed by atoms with Crippen molar-refractivity contribution in [2.45, 2.75) is 38.2 Å². The van der Waals surface area contributed by atoms with Crippen molar-refractivity contribution in [2.75, 3.05) is 38.6 Å². The zero-order chi connectivity index (χ0) is 14.1. The highest BCUT2D eigenvalue weighted by Crippen LogP contribution is 2.36. The van der Waals surface area contributed by atoms with Crippen molar-refractivity contribution in [3.8, 4) is 0 Å². The molecule has 1 aliphatic carbocycles. The van der Waals surface area contributed by atoms with Gasteiger partial charge < -0.3 is 14.9 Å². The highest BCUT2D eigenvalue weighted by atomic mass is 32.1. The molecule has 112 valence electrons. The predicted octanol–water partition coefficient (Wildman–Crippen LogP) is 2.29. The standard InChI is InChI=1S/C15H25N3OS/c1-17-8-6-11(7-9-17)10-18(2)15-16-14-12(19)4-3-5-13(14)20-15/h11-12,19H,3-10H2,1-2H3. The summed E-state index contributed by atoms with van der Waals surface area (Å²) in [5.41, 5.74) is 0.950. The Labute approximate surface area is 125 Å². The number of likely N-dealkylation sites (tertiary alicyclic amines) is 1. The quantitative estimate of drug-likeness (QED) is 0.929. The summed E-state index contributed by atoms with van der Waals surface area (Å²) in [6, 6.07) is 0. The minimum Gasteiger partial charge on any atom is -0.387 e. The molecule has 0 aromatic carbocycles. The van der Waals surface area contributed by atoms with Crippen molar-refractivity contribution in [2.24, 2.45) is 5.92 Å². The lowest BCUT2D eigenvalue weighted by molar-refractivity contribution is 0.153. The van der Waals surface area contributed by atoms with Gasteiger partial charge >= 0.3 is 0 Å². The number of piperidine rings is 1. The highest BCUT2D eigenvalue weighted by molar-refractivity contribution is 7.15. The Kier molecular flexibility index (Phi) is 4.29. The molecule has 1 saturated heterocycles. The third-order valence-corrected chi connectivity index (χ3v) is 5.86. The second-order valence-corrected chi connectivity index (χ2v) is 7.40. The number of aromatic nitrogens is 1. The van der Waals surface area contributed by atoms with Crippen molar-refractivity contribution in [3.63, 3.8) is 0 Å². The molecule has 2 aliphatic rings. The molecule has 3 rings (SSSR count). The summed E-state index contributed by atoms with van der Waals surface area (Å²) in [6.45, 7) is 3.52. The molecule has 1 aromatic heterocycles. The Morgan fingerprint density at radius 3 is 2.80 bits per heavy atom. The van der Waals surface area contributed by atoms with Gasteiger partial charge in [0.15, 0.2) is 5.13 Å². The molecule has 1 atom stereocenters. The number of aryl methyl sites for hydroxylation is 1. The Morgan fingerprint density at radius 2 is 2.10 bits per heavy atom. The molecule has 0 amide bonds. The fourth-order valence-corrected chi connectivity index (χ4v) is 4.38. The first-order chi connectivity index (χ1) is 9.63. The first-order valence-electron chi connectivity index (χ1n) is 7.71. The Hall–Kier alpha value is -0.650. The molecular weight excluding hydrogens is 270 g/mol. The van der Waals surface area contributed by atoms with Crippen LogP contribution in [-0.2, 0) is 6.42 Å². The van der Waals surface area contributed by atoms with E-state index in [-0.39, 0.29) is 6.10 Å². The van der Waals surface area contributed by atoms with Gasteiger partial charge in [0.25, 0.3) is 0 Å². The average molecular weight is 295 g/mol. The lowest BCUT2D eigenvalue weighted by atomic mass is 9.97. The van der Waals surface area contributed by atoms with Crippen LogP contribution in [0.15, 0.2) is 0 Å². The second kappa shape index (κ2) is 6.00. The minimum absolute atomic E-state index is 0.333. The molecule has 4 nitrogen and oxygen atoms in total. The van der Waals surface area contributed by atoms with Crippen molar-refractivity contribution in [1.29, 1.82) is 0 Å². The summed E-state index contributed by atoms with van der Waals surface area (Å²) in [6.07, 6.45) is 5.29. The van der Waals surface area contributed by atoms with Crippen molar-refractivity contribution in [1.82, 2.24) is 9.88 Å². The van der Waals surface area contributed by atoms with E-state index in [2.05, 4.69) is 23.9 Å². The Balaban J connectivity index is 1.64. The van der Waals surface area contributed by atoms with Crippen molar-refractivity contribution in [3.05, 3.63) is 10.6 Å². The first-order valence-corrected chi connectivity index (χ1v) is 8.52. The van der Waals surface area contributed by atoms with E-state index in [1.807, 2.05) is 0 Å². The highest BCUT2D eigenvalue weighted by Gasteiger charge is 2.25. The van der Waals surface area contributed by atoms with Gasteiger partial charge in [0.05, 0.1) is 11.8 Å². The van der Waals surface area contributed by atoms with E-state index in [4.69, 9.17) is 4.98 Å². The molecule has 0 bridgehead atoms. The maximum Gasteiger partial charge on any atom is 0.185 e. The number of hydrogen-bond donors (Lipinski definition) is 1. The van der Waals surface area contributed by atoms with E-state index in [1.165, 1.54) is 30.8 Å². The molecule has 1 fully saturated rings. The topological polar surface area (TPSA) is 39.6 Å². The van der Waals surface area contributed by atoms with Gasteiger partial charge in [-0.1, -0.05) is 0 Å². The maximum absolute atomic E-state index is 10.0. The zero-order valence-electron chi connectivity index (χ0n) is 12.5. The van der Waals surface area contributed by atoms with Crippen LogP contribution in [0.5, 0.6) is 0 Å². The van der Waals surface area contributed by atoms with E-state index < -0.39 is 0 Å². The van der Waals surface area contributed by atoms with Gasteiger partial charge in [-0.15, -0.1) is 11.3 Å². The number of fused-ring (bicyclic) bond motifs is 1. The number of anilines is 1. The SMILES string of the molecule is CN1CCC(CN(C)c2nc3c(s2)CCCC3O)CC1. The van der Waals surface area contributed by atoms with Crippen LogP contribution in [0.3, 0.4) is 0 Å². The van der Waals surface area contributed by atoms with Crippen molar-refractivity contribution >= 4 is 16.5 Å². The van der Waals surface area contributed by atoms with Gasteiger partial charge in [-0.2, -0.15) is 0 Å². The molecule has 1 aromatic rings. The van der Waals surface area contributed by atoms with Gasteiger partial charge in [-0.05, 0) is 58.2 Å². The van der Waals surface area contributed by atoms with E-state index in [0.29, 0.717) is 0 Å². The van der Waals surface area contributed by atoms with Crippen LogP contribution in [0.4, 0.5) is 5.13 Å². The normalized spacial score (nSPS) is 24.6. The Morgan fingerprint density at radius 1 is 1.35 bits per heavy atom. The molecule has 5 heteroatoms. The summed E-state index contributed by atoms with van der Waals surface area (Å²) in [4.78, 5) is 10.7. The molecule has 1 unspecified atom stereocenters. The second-order valence-electron chi connectivity index (χ2n) is 6.34. The predicted molar refractivity (Wildman–Crippen MR) is 83.5 cm³/mol. The van der Waals surface area contributed by atoms with E-state index >= 15 is 0 Å². The van der Waals surface area contributed by atoms with E-state index in [1.54, 1.807) is 11.3 Å². The maximum atomic E-state index is 10.0. The lowest BCUT2D eigenvalue weighted by Crippen LogP contribution is -2.35. The number of nitrogens with zero attached hydrogens (tertiary/aromatic N) is 3. The van der Waals surface area contributed by atoms with Crippen LogP contribution in [-0.4, -0.2) is 48.7 Å². The molecule has 1 N–H and O–H groups in total. The first kappa shape index (κ1) is 14.3. The number of rotatable bonds is 3. The number of aliphatic hydroxyl groups excluding tert-OH is 1. The van der Waals surface area contributed by atoms with Gasteiger partial charge in [-0.25, -0.2) is 4.98 Å².